The second-order valence-electron chi connectivity index (χ2n) is 4.56. The van der Waals surface area contributed by atoms with Crippen LogP contribution < -0.4 is 0 Å². The molecule has 1 aliphatic rings. The number of benzene rings is 1. The largest absolute Gasteiger partial charge is 0.507 e. The zero-order valence-corrected chi connectivity index (χ0v) is 9.74. The van der Waals surface area contributed by atoms with E-state index in [1.165, 1.54) is 18.7 Å². The summed E-state index contributed by atoms with van der Waals surface area (Å²) in [6, 6.07) is 2.91. The number of aromatic hydroxyl groups is 1. The van der Waals surface area contributed by atoms with Gasteiger partial charge in [0.2, 0.25) is 0 Å². The molecular formula is C13H14F3NO. The van der Waals surface area contributed by atoms with Crippen LogP contribution in [0.5, 0.6) is 5.75 Å². The third-order valence-electron chi connectivity index (χ3n) is 3.18. The molecule has 18 heavy (non-hydrogen) atoms. The molecule has 0 heterocycles. The van der Waals surface area contributed by atoms with Crippen molar-refractivity contribution in [3.63, 3.8) is 0 Å². The van der Waals surface area contributed by atoms with Gasteiger partial charge in [0.25, 0.3) is 0 Å². The van der Waals surface area contributed by atoms with Crippen molar-refractivity contribution in [2.75, 3.05) is 6.54 Å². The van der Waals surface area contributed by atoms with Gasteiger partial charge in [-0.3, -0.25) is 4.99 Å². The summed E-state index contributed by atoms with van der Waals surface area (Å²) in [5.74, 6) is 0.208. The van der Waals surface area contributed by atoms with Gasteiger partial charge in [-0.25, -0.2) is 0 Å². The van der Waals surface area contributed by atoms with E-state index in [0.717, 1.165) is 25.0 Å². The Morgan fingerprint density at radius 2 is 2.06 bits per heavy atom. The minimum atomic E-state index is -4.43. The van der Waals surface area contributed by atoms with Gasteiger partial charge in [0, 0.05) is 18.3 Å². The number of aliphatic imine (C=N–C) groups is 1. The minimum Gasteiger partial charge on any atom is -0.507 e. The van der Waals surface area contributed by atoms with Gasteiger partial charge in [0.1, 0.15) is 5.75 Å². The van der Waals surface area contributed by atoms with Crippen molar-refractivity contribution < 1.29 is 18.3 Å². The van der Waals surface area contributed by atoms with Gasteiger partial charge in [-0.15, -0.1) is 0 Å². The summed E-state index contributed by atoms with van der Waals surface area (Å²) in [5.41, 5.74) is -0.529. The zero-order chi connectivity index (χ0) is 13.2. The fraction of sp³-hybridized carbons (Fsp3) is 0.462. The summed E-state index contributed by atoms with van der Waals surface area (Å²) in [7, 11) is 0. The maximum atomic E-state index is 12.4. The molecule has 0 aliphatic heterocycles. The predicted octanol–water partition coefficient (Wildman–Crippen LogP) is 3.63. The number of halogens is 3. The molecule has 1 N–H and O–H groups in total. The highest BCUT2D eigenvalue weighted by molar-refractivity contribution is 5.83. The number of hydrogen-bond acceptors (Lipinski definition) is 2. The van der Waals surface area contributed by atoms with E-state index in [2.05, 4.69) is 4.99 Å². The fourth-order valence-electron chi connectivity index (χ4n) is 1.80. The Balaban J connectivity index is 2.04. The smallest absolute Gasteiger partial charge is 0.416 e. The van der Waals surface area contributed by atoms with E-state index in [1.54, 1.807) is 0 Å². The molecule has 0 atom stereocenters. The van der Waals surface area contributed by atoms with E-state index < -0.39 is 11.7 Å². The summed E-state index contributed by atoms with van der Waals surface area (Å²) in [5, 5.41) is 9.50. The van der Waals surface area contributed by atoms with E-state index in [4.69, 9.17) is 0 Å². The number of alkyl halides is 3. The average molecular weight is 257 g/mol. The lowest BCUT2D eigenvalue weighted by molar-refractivity contribution is -0.137. The molecule has 5 heteroatoms. The number of phenolic OH excluding ortho intramolecular Hbond substituents is 1. The lowest BCUT2D eigenvalue weighted by Crippen LogP contribution is -2.14. The van der Waals surface area contributed by atoms with Crippen LogP contribution in [0.3, 0.4) is 0 Å². The first-order valence-corrected chi connectivity index (χ1v) is 5.87. The predicted molar refractivity (Wildman–Crippen MR) is 62.9 cm³/mol. The van der Waals surface area contributed by atoms with E-state index in [-0.39, 0.29) is 5.75 Å². The Labute approximate surface area is 103 Å². The standard InChI is InChI=1S/C13H14F3NO/c14-13(15,16)11-5-4-10(12(18)6-11)8-17-7-9-2-1-3-9/h4-6,8-9,18H,1-3,7H2/b17-8+. The summed E-state index contributed by atoms with van der Waals surface area (Å²) >= 11 is 0. The van der Waals surface area contributed by atoms with Crippen LogP contribution in [-0.4, -0.2) is 17.9 Å². The molecule has 0 saturated heterocycles. The Hall–Kier alpha value is -1.52. The molecule has 2 rings (SSSR count). The van der Waals surface area contributed by atoms with Crippen LogP contribution in [0.1, 0.15) is 30.4 Å². The molecular weight excluding hydrogens is 243 g/mol. The molecule has 2 nitrogen and oxygen atoms in total. The maximum Gasteiger partial charge on any atom is 0.416 e. The van der Waals surface area contributed by atoms with Crippen molar-refractivity contribution in [2.45, 2.75) is 25.4 Å². The van der Waals surface area contributed by atoms with Crippen LogP contribution >= 0.6 is 0 Å². The normalized spacial score (nSPS) is 17.1. The number of phenols is 1. The Bertz CT molecular complexity index is 450. The highest BCUT2D eigenvalue weighted by Crippen LogP contribution is 2.32. The van der Waals surface area contributed by atoms with Gasteiger partial charge in [-0.1, -0.05) is 6.42 Å². The van der Waals surface area contributed by atoms with E-state index >= 15 is 0 Å². The third kappa shape index (κ3) is 3.03. The number of rotatable bonds is 3. The van der Waals surface area contributed by atoms with Gasteiger partial charge in [-0.05, 0) is 37.0 Å². The summed E-state index contributed by atoms with van der Waals surface area (Å²) in [6.07, 6.45) is 0.561. The summed E-state index contributed by atoms with van der Waals surface area (Å²) < 4.78 is 37.1. The van der Waals surface area contributed by atoms with Crippen LogP contribution in [-0.2, 0) is 6.18 Å². The lowest BCUT2D eigenvalue weighted by atomic mass is 9.86. The third-order valence-corrected chi connectivity index (χ3v) is 3.18. The Morgan fingerprint density at radius 3 is 2.56 bits per heavy atom. The SMILES string of the molecule is Oc1cc(C(F)(F)F)ccc1/C=N/CC1CCC1. The molecule has 0 unspecified atom stereocenters. The molecule has 98 valence electrons. The van der Waals surface area contributed by atoms with Crippen molar-refractivity contribution >= 4 is 6.21 Å². The van der Waals surface area contributed by atoms with Gasteiger partial charge in [-0.2, -0.15) is 13.2 Å². The molecule has 1 aliphatic carbocycles. The van der Waals surface area contributed by atoms with Gasteiger partial charge in [0.15, 0.2) is 0 Å². The molecule has 0 aromatic heterocycles. The van der Waals surface area contributed by atoms with E-state index in [1.807, 2.05) is 0 Å². The fourth-order valence-corrected chi connectivity index (χ4v) is 1.80. The summed E-state index contributed by atoms with van der Waals surface area (Å²) in [6.45, 7) is 0.681. The topological polar surface area (TPSA) is 32.6 Å². The van der Waals surface area contributed by atoms with Crippen LogP contribution in [0.25, 0.3) is 0 Å². The first-order chi connectivity index (χ1) is 8.47. The Kier molecular flexibility index (Phi) is 3.59. The first kappa shape index (κ1) is 12.9. The molecule has 1 aromatic rings. The highest BCUT2D eigenvalue weighted by atomic mass is 19.4. The van der Waals surface area contributed by atoms with Crippen molar-refractivity contribution in [3.8, 4) is 5.75 Å². The number of hydrogen-bond donors (Lipinski definition) is 1. The van der Waals surface area contributed by atoms with Gasteiger partial charge in [0.05, 0.1) is 5.56 Å². The molecule has 1 saturated carbocycles. The number of nitrogens with zero attached hydrogens (tertiary/aromatic N) is 1. The lowest BCUT2D eigenvalue weighted by Gasteiger charge is -2.22. The van der Waals surface area contributed by atoms with Gasteiger partial charge < -0.3 is 5.11 Å². The van der Waals surface area contributed by atoms with Crippen LogP contribution in [0.15, 0.2) is 23.2 Å². The average Bonchev–Trinajstić information content (AvgIpc) is 2.22. The monoisotopic (exact) mass is 257 g/mol. The van der Waals surface area contributed by atoms with Crippen LogP contribution in [0.2, 0.25) is 0 Å². The first-order valence-electron chi connectivity index (χ1n) is 5.87. The van der Waals surface area contributed by atoms with Crippen molar-refractivity contribution in [3.05, 3.63) is 29.3 Å². The van der Waals surface area contributed by atoms with Gasteiger partial charge >= 0.3 is 6.18 Å². The van der Waals surface area contributed by atoms with Crippen molar-refractivity contribution in [1.82, 2.24) is 0 Å². The molecule has 0 bridgehead atoms. The quantitative estimate of drug-likeness (QED) is 0.824. The van der Waals surface area contributed by atoms with E-state index in [0.29, 0.717) is 18.0 Å². The molecule has 1 fully saturated rings. The van der Waals surface area contributed by atoms with E-state index in [9.17, 15) is 18.3 Å². The zero-order valence-electron chi connectivity index (χ0n) is 9.74. The maximum absolute atomic E-state index is 12.4. The summed E-state index contributed by atoms with van der Waals surface area (Å²) in [4.78, 5) is 4.15. The molecule has 0 radical (unpaired) electrons. The second-order valence-corrected chi connectivity index (χ2v) is 4.56. The van der Waals surface area contributed by atoms with Crippen LogP contribution in [0, 0.1) is 5.92 Å². The van der Waals surface area contributed by atoms with Crippen molar-refractivity contribution in [1.29, 1.82) is 0 Å². The molecule has 0 spiro atoms. The van der Waals surface area contributed by atoms with Crippen LogP contribution in [0.4, 0.5) is 13.2 Å². The molecule has 1 aromatic carbocycles. The Morgan fingerprint density at radius 1 is 1.33 bits per heavy atom. The molecule has 0 amide bonds. The minimum absolute atomic E-state index is 0.322. The second kappa shape index (κ2) is 5.00. The highest BCUT2D eigenvalue weighted by Gasteiger charge is 2.30. The van der Waals surface area contributed by atoms with Crippen molar-refractivity contribution in [2.24, 2.45) is 10.9 Å².